The monoisotopic (exact) mass is 554 g/mol. The Balaban J connectivity index is 1.68. The zero-order valence-electron chi connectivity index (χ0n) is 21.7. The maximum Gasteiger partial charge on any atom is 0.331 e. The molecule has 0 aliphatic carbocycles. The highest BCUT2D eigenvalue weighted by atomic mass is 32.1. The first-order chi connectivity index (χ1) is 18.7. The first kappa shape index (κ1) is 29.7. The third kappa shape index (κ3) is 8.29. The fourth-order valence-electron chi connectivity index (χ4n) is 3.73. The number of benzene rings is 2. The van der Waals surface area contributed by atoms with Crippen LogP contribution in [0.5, 0.6) is 0 Å². The van der Waals surface area contributed by atoms with E-state index in [1.807, 2.05) is 0 Å². The average molecular weight is 555 g/mol. The number of hydrogen-bond donors (Lipinski definition) is 2. The lowest BCUT2D eigenvalue weighted by Crippen LogP contribution is -2.13. The van der Waals surface area contributed by atoms with E-state index >= 15 is 4.39 Å². The molecule has 0 radical (unpaired) electrons. The first-order valence-electron chi connectivity index (χ1n) is 12.7. The SMILES string of the molecule is CCCCCCCCC#Cc1cccc(-c2csc(NC(=O)c3cc(F)c(C=C(C)C(=O)O)c(F)c3)n2)c1F. The Kier molecular flexibility index (Phi) is 10.9. The molecule has 2 aromatic carbocycles. The van der Waals surface area contributed by atoms with Crippen molar-refractivity contribution in [3.8, 4) is 23.1 Å². The van der Waals surface area contributed by atoms with Gasteiger partial charge < -0.3 is 5.11 Å². The van der Waals surface area contributed by atoms with Crippen molar-refractivity contribution >= 4 is 34.4 Å². The summed E-state index contributed by atoms with van der Waals surface area (Å²) in [5, 5.41) is 13.1. The summed E-state index contributed by atoms with van der Waals surface area (Å²) in [7, 11) is 0. The summed E-state index contributed by atoms with van der Waals surface area (Å²) in [5.74, 6) is 1.09. The normalized spacial score (nSPS) is 11.2. The van der Waals surface area contributed by atoms with E-state index in [1.165, 1.54) is 32.6 Å². The fourth-order valence-corrected chi connectivity index (χ4v) is 4.44. The molecule has 0 aliphatic rings. The van der Waals surface area contributed by atoms with E-state index in [0.717, 1.165) is 42.4 Å². The smallest absolute Gasteiger partial charge is 0.331 e. The Morgan fingerprint density at radius 3 is 2.46 bits per heavy atom. The van der Waals surface area contributed by atoms with Crippen molar-refractivity contribution in [2.75, 3.05) is 5.32 Å². The Bertz CT molecular complexity index is 1410. The van der Waals surface area contributed by atoms with Crippen LogP contribution in [-0.2, 0) is 4.79 Å². The summed E-state index contributed by atoms with van der Waals surface area (Å²) < 4.78 is 44.0. The number of aromatic nitrogens is 1. The molecule has 0 saturated heterocycles. The predicted octanol–water partition coefficient (Wildman–Crippen LogP) is 8.07. The van der Waals surface area contributed by atoms with Crippen LogP contribution in [0, 0.1) is 29.3 Å². The van der Waals surface area contributed by atoms with Gasteiger partial charge in [-0.3, -0.25) is 10.1 Å². The number of unbranched alkanes of at least 4 members (excludes halogenated alkanes) is 6. The number of rotatable bonds is 11. The molecule has 0 aliphatic heterocycles. The summed E-state index contributed by atoms with van der Waals surface area (Å²) in [5.41, 5.74) is -0.376. The van der Waals surface area contributed by atoms with Crippen LogP contribution in [-0.4, -0.2) is 22.0 Å². The molecule has 2 N–H and O–H groups in total. The second-order valence-electron chi connectivity index (χ2n) is 8.96. The maximum atomic E-state index is 15.1. The van der Waals surface area contributed by atoms with Gasteiger partial charge in [0, 0.05) is 34.1 Å². The maximum absolute atomic E-state index is 15.1. The molecule has 0 unspecified atom stereocenters. The number of carboxylic acid groups (broad SMARTS) is 1. The first-order valence-corrected chi connectivity index (χ1v) is 13.5. The van der Waals surface area contributed by atoms with Crippen molar-refractivity contribution in [3.63, 3.8) is 0 Å². The predicted molar refractivity (Wildman–Crippen MR) is 148 cm³/mol. The molecular formula is C30H29F3N2O3S. The van der Waals surface area contributed by atoms with Crippen molar-refractivity contribution in [2.24, 2.45) is 0 Å². The lowest BCUT2D eigenvalue weighted by Gasteiger charge is -2.06. The Morgan fingerprint density at radius 2 is 1.77 bits per heavy atom. The van der Waals surface area contributed by atoms with Gasteiger partial charge in [0.25, 0.3) is 5.91 Å². The summed E-state index contributed by atoms with van der Waals surface area (Å²) in [6.07, 6.45) is 8.47. The quantitative estimate of drug-likeness (QED) is 0.143. The lowest BCUT2D eigenvalue weighted by molar-refractivity contribution is -0.132. The van der Waals surface area contributed by atoms with Crippen LogP contribution in [0.1, 0.15) is 80.3 Å². The van der Waals surface area contributed by atoms with Crippen LogP contribution in [0.2, 0.25) is 0 Å². The highest BCUT2D eigenvalue weighted by molar-refractivity contribution is 7.14. The molecule has 39 heavy (non-hydrogen) atoms. The van der Waals surface area contributed by atoms with Crippen LogP contribution >= 0.6 is 11.3 Å². The van der Waals surface area contributed by atoms with Crippen molar-refractivity contribution < 1.29 is 27.9 Å². The van der Waals surface area contributed by atoms with Gasteiger partial charge in [-0.1, -0.05) is 56.9 Å². The summed E-state index contributed by atoms with van der Waals surface area (Å²) >= 11 is 1.03. The molecule has 3 rings (SSSR count). The van der Waals surface area contributed by atoms with Crippen LogP contribution < -0.4 is 5.32 Å². The number of carboxylic acids is 1. The number of nitrogens with zero attached hydrogens (tertiary/aromatic N) is 1. The molecule has 0 bridgehead atoms. The van der Waals surface area contributed by atoms with E-state index in [1.54, 1.807) is 23.6 Å². The summed E-state index contributed by atoms with van der Waals surface area (Å²) in [6, 6.07) is 6.45. The molecule has 1 aromatic heterocycles. The van der Waals surface area contributed by atoms with E-state index in [2.05, 4.69) is 29.1 Å². The number of anilines is 1. The second kappa shape index (κ2) is 14.3. The fraction of sp³-hybridized carbons (Fsp3) is 0.300. The summed E-state index contributed by atoms with van der Waals surface area (Å²) in [6.45, 7) is 3.37. The molecule has 204 valence electrons. The van der Waals surface area contributed by atoms with Gasteiger partial charge in [-0.15, -0.1) is 11.3 Å². The molecule has 0 atom stereocenters. The number of carbonyl (C=O) groups is 2. The highest BCUT2D eigenvalue weighted by Crippen LogP contribution is 2.29. The Labute approximate surface area is 229 Å². The molecule has 5 nitrogen and oxygen atoms in total. The van der Waals surface area contributed by atoms with Crippen LogP contribution in [0.15, 0.2) is 41.3 Å². The third-order valence-corrected chi connectivity index (χ3v) is 6.67. The molecule has 1 amide bonds. The Hall–Kier alpha value is -3.90. The van der Waals surface area contributed by atoms with E-state index in [0.29, 0.717) is 6.42 Å². The minimum atomic E-state index is -1.32. The molecule has 0 saturated carbocycles. The number of thiazole rings is 1. The topological polar surface area (TPSA) is 79.3 Å². The van der Waals surface area contributed by atoms with Gasteiger partial charge in [0.05, 0.1) is 11.3 Å². The van der Waals surface area contributed by atoms with E-state index in [4.69, 9.17) is 5.11 Å². The molecule has 3 aromatic rings. The third-order valence-electron chi connectivity index (χ3n) is 5.92. The van der Waals surface area contributed by atoms with Crippen LogP contribution in [0.4, 0.5) is 18.3 Å². The van der Waals surface area contributed by atoms with Gasteiger partial charge in [0.1, 0.15) is 17.5 Å². The number of nitrogens with one attached hydrogen (secondary N) is 1. The minimum absolute atomic E-state index is 0.112. The molecule has 9 heteroatoms. The Morgan fingerprint density at radius 1 is 1.08 bits per heavy atom. The number of aliphatic carboxylic acids is 1. The minimum Gasteiger partial charge on any atom is -0.478 e. The number of hydrogen-bond acceptors (Lipinski definition) is 4. The van der Waals surface area contributed by atoms with Crippen molar-refractivity contribution in [1.29, 1.82) is 0 Å². The van der Waals surface area contributed by atoms with Crippen molar-refractivity contribution in [1.82, 2.24) is 4.98 Å². The zero-order valence-corrected chi connectivity index (χ0v) is 22.6. The van der Waals surface area contributed by atoms with Gasteiger partial charge in [-0.25, -0.2) is 22.9 Å². The second-order valence-corrected chi connectivity index (χ2v) is 9.82. The standard InChI is InChI=1S/C30H29F3N2O3S/c1-3-4-5-6-7-8-9-10-12-20-13-11-14-22(27(20)33)26-18-39-30(34-26)35-28(36)21-16-24(31)23(25(32)17-21)15-19(2)29(37)38/h11,13-18H,3-9H2,1-2H3,(H,37,38)(H,34,35,36). The summed E-state index contributed by atoms with van der Waals surface area (Å²) in [4.78, 5) is 27.8. The van der Waals surface area contributed by atoms with Crippen LogP contribution in [0.3, 0.4) is 0 Å². The van der Waals surface area contributed by atoms with Crippen molar-refractivity contribution in [3.05, 3.63) is 75.4 Å². The van der Waals surface area contributed by atoms with Crippen molar-refractivity contribution in [2.45, 2.75) is 58.8 Å². The molecule has 1 heterocycles. The van der Waals surface area contributed by atoms with Gasteiger partial charge in [-0.05, 0) is 43.7 Å². The zero-order chi connectivity index (χ0) is 28.4. The van der Waals surface area contributed by atoms with Crippen LogP contribution in [0.25, 0.3) is 17.3 Å². The number of amides is 1. The highest BCUT2D eigenvalue weighted by Gasteiger charge is 2.18. The molecule has 0 fully saturated rings. The van der Waals surface area contributed by atoms with Gasteiger partial charge >= 0.3 is 5.97 Å². The number of halogens is 3. The number of carbonyl (C=O) groups excluding carboxylic acids is 1. The van der Waals surface area contributed by atoms with Gasteiger partial charge in [0.2, 0.25) is 0 Å². The largest absolute Gasteiger partial charge is 0.478 e. The molecular weight excluding hydrogens is 525 g/mol. The van der Waals surface area contributed by atoms with E-state index in [-0.39, 0.29) is 33.1 Å². The van der Waals surface area contributed by atoms with Gasteiger partial charge in [0.15, 0.2) is 5.13 Å². The average Bonchev–Trinajstić information content (AvgIpc) is 3.36. The lowest BCUT2D eigenvalue weighted by atomic mass is 10.1. The van der Waals surface area contributed by atoms with E-state index in [9.17, 15) is 18.4 Å². The van der Waals surface area contributed by atoms with E-state index < -0.39 is 34.9 Å². The molecule has 0 spiro atoms. The van der Waals surface area contributed by atoms with Gasteiger partial charge in [-0.2, -0.15) is 0 Å².